The molecule has 22 heavy (non-hydrogen) atoms. The summed E-state index contributed by atoms with van der Waals surface area (Å²) in [6, 6.07) is 10.1. The third-order valence-electron chi connectivity index (χ3n) is 3.33. The monoisotopic (exact) mass is 303 g/mol. The third-order valence-corrected chi connectivity index (χ3v) is 3.33. The van der Waals surface area contributed by atoms with Crippen LogP contribution in [0.3, 0.4) is 0 Å². The van der Waals surface area contributed by atoms with Gasteiger partial charge >= 0.3 is 0 Å². The average Bonchev–Trinajstić information content (AvgIpc) is 2.54. The van der Waals surface area contributed by atoms with E-state index >= 15 is 0 Å². The first-order valence-corrected chi connectivity index (χ1v) is 7.37. The van der Waals surface area contributed by atoms with Gasteiger partial charge in [0.05, 0.1) is 6.61 Å². The van der Waals surface area contributed by atoms with Gasteiger partial charge in [-0.2, -0.15) is 0 Å². The topological polar surface area (TPSA) is 37.4 Å². The van der Waals surface area contributed by atoms with Gasteiger partial charge in [-0.1, -0.05) is 6.07 Å². The van der Waals surface area contributed by atoms with Crippen LogP contribution in [0.25, 0.3) is 0 Å². The summed E-state index contributed by atoms with van der Waals surface area (Å²) in [4.78, 5) is 6.53. The predicted molar refractivity (Wildman–Crippen MR) is 86.6 cm³/mol. The van der Waals surface area contributed by atoms with E-state index in [-0.39, 0.29) is 5.82 Å². The Kier molecular flexibility index (Phi) is 6.15. The summed E-state index contributed by atoms with van der Waals surface area (Å²) in [6.07, 6.45) is 2.69. The second-order valence-corrected chi connectivity index (χ2v) is 5.15. The Morgan fingerprint density at radius 1 is 1.23 bits per heavy atom. The van der Waals surface area contributed by atoms with Crippen molar-refractivity contribution in [2.75, 3.05) is 32.6 Å². The molecule has 2 aromatic rings. The molecule has 0 amide bonds. The van der Waals surface area contributed by atoms with Crippen molar-refractivity contribution >= 4 is 5.82 Å². The van der Waals surface area contributed by atoms with Crippen LogP contribution in [0.2, 0.25) is 0 Å². The lowest BCUT2D eigenvalue weighted by atomic mass is 10.2. The average molecular weight is 303 g/mol. The number of ether oxygens (including phenoxy) is 1. The Balaban J connectivity index is 1.71. The Labute approximate surface area is 130 Å². The van der Waals surface area contributed by atoms with Crippen molar-refractivity contribution in [3.8, 4) is 5.75 Å². The summed E-state index contributed by atoms with van der Waals surface area (Å²) < 4.78 is 18.4. The van der Waals surface area contributed by atoms with Crippen LogP contribution in [0.1, 0.15) is 12.0 Å². The maximum atomic E-state index is 12.8. The molecule has 0 unspecified atom stereocenters. The lowest BCUT2D eigenvalue weighted by Gasteiger charge is -2.18. The summed E-state index contributed by atoms with van der Waals surface area (Å²) in [6.45, 7) is 2.36. The first-order valence-electron chi connectivity index (χ1n) is 7.37. The summed E-state index contributed by atoms with van der Waals surface area (Å²) in [7, 11) is 3.95. The number of benzene rings is 1. The van der Waals surface area contributed by atoms with Gasteiger partial charge in [0.1, 0.15) is 17.4 Å². The Hall–Kier alpha value is -2.14. The fourth-order valence-corrected chi connectivity index (χ4v) is 2.22. The number of nitrogens with zero attached hydrogens (tertiary/aromatic N) is 2. The van der Waals surface area contributed by atoms with Gasteiger partial charge in [-0.05, 0) is 43.8 Å². The highest BCUT2D eigenvalue weighted by molar-refractivity contribution is 5.42. The number of hydrogen-bond acceptors (Lipinski definition) is 4. The maximum absolute atomic E-state index is 12.8. The molecule has 2 rings (SSSR count). The van der Waals surface area contributed by atoms with Gasteiger partial charge in [0.25, 0.3) is 0 Å². The highest BCUT2D eigenvalue weighted by Crippen LogP contribution is 2.13. The minimum Gasteiger partial charge on any atom is -0.494 e. The van der Waals surface area contributed by atoms with E-state index in [9.17, 15) is 4.39 Å². The number of pyridine rings is 1. The fraction of sp³-hybridized carbons (Fsp3) is 0.353. The maximum Gasteiger partial charge on any atom is 0.130 e. The van der Waals surface area contributed by atoms with E-state index in [1.54, 1.807) is 18.3 Å². The van der Waals surface area contributed by atoms with Crippen molar-refractivity contribution in [1.82, 2.24) is 9.88 Å². The number of aromatic nitrogens is 1. The highest BCUT2D eigenvalue weighted by atomic mass is 19.1. The van der Waals surface area contributed by atoms with Gasteiger partial charge in [0.15, 0.2) is 0 Å². The standard InChI is InChI=1S/C17H22FN3O/c1-19-17-14(5-3-10-20-17)13-21(2)11-4-12-22-16-8-6-15(18)7-9-16/h3,5-10H,4,11-13H2,1-2H3,(H,19,20). The van der Waals surface area contributed by atoms with Crippen LogP contribution in [-0.2, 0) is 6.54 Å². The van der Waals surface area contributed by atoms with Crippen molar-refractivity contribution in [2.45, 2.75) is 13.0 Å². The first-order chi connectivity index (χ1) is 10.7. The van der Waals surface area contributed by atoms with Gasteiger partial charge in [-0.15, -0.1) is 0 Å². The van der Waals surface area contributed by atoms with E-state index in [1.807, 2.05) is 13.1 Å². The molecular formula is C17H22FN3O. The van der Waals surface area contributed by atoms with Crippen molar-refractivity contribution in [1.29, 1.82) is 0 Å². The zero-order valence-electron chi connectivity index (χ0n) is 13.1. The minimum atomic E-state index is -0.246. The molecule has 4 nitrogen and oxygen atoms in total. The van der Waals surface area contributed by atoms with Gasteiger partial charge < -0.3 is 15.0 Å². The molecule has 118 valence electrons. The predicted octanol–water partition coefficient (Wildman–Crippen LogP) is 3.16. The summed E-state index contributed by atoms with van der Waals surface area (Å²) in [5.74, 6) is 1.37. The number of halogens is 1. The zero-order chi connectivity index (χ0) is 15.8. The van der Waals surface area contributed by atoms with E-state index in [2.05, 4.69) is 28.3 Å². The molecule has 5 heteroatoms. The van der Waals surface area contributed by atoms with Crippen LogP contribution >= 0.6 is 0 Å². The number of rotatable bonds is 8. The van der Waals surface area contributed by atoms with Gasteiger partial charge in [0, 0.05) is 31.9 Å². The van der Waals surface area contributed by atoms with E-state index in [0.29, 0.717) is 12.4 Å². The normalized spacial score (nSPS) is 10.7. The van der Waals surface area contributed by atoms with Crippen molar-refractivity contribution in [3.05, 3.63) is 54.0 Å². The molecule has 0 atom stereocenters. The summed E-state index contributed by atoms with van der Waals surface area (Å²) in [5, 5.41) is 3.10. The van der Waals surface area contributed by atoms with Gasteiger partial charge in [0.2, 0.25) is 0 Å². The van der Waals surface area contributed by atoms with E-state index in [1.165, 1.54) is 17.7 Å². The second kappa shape index (κ2) is 8.34. The van der Waals surface area contributed by atoms with Crippen LogP contribution in [0, 0.1) is 5.82 Å². The van der Waals surface area contributed by atoms with Crippen LogP contribution in [-0.4, -0.2) is 37.1 Å². The number of anilines is 1. The van der Waals surface area contributed by atoms with E-state index in [0.717, 1.165) is 25.3 Å². The molecule has 0 radical (unpaired) electrons. The fourth-order valence-electron chi connectivity index (χ4n) is 2.22. The molecule has 1 heterocycles. The quantitative estimate of drug-likeness (QED) is 0.760. The van der Waals surface area contributed by atoms with Crippen LogP contribution in [0.4, 0.5) is 10.2 Å². The molecule has 0 aliphatic heterocycles. The van der Waals surface area contributed by atoms with Crippen molar-refractivity contribution < 1.29 is 9.13 Å². The molecule has 0 aliphatic carbocycles. The lowest BCUT2D eigenvalue weighted by Crippen LogP contribution is -2.21. The first kappa shape index (κ1) is 16.2. The Morgan fingerprint density at radius 3 is 2.73 bits per heavy atom. The zero-order valence-corrected chi connectivity index (χ0v) is 13.1. The van der Waals surface area contributed by atoms with Crippen molar-refractivity contribution in [3.63, 3.8) is 0 Å². The van der Waals surface area contributed by atoms with Gasteiger partial charge in [-0.3, -0.25) is 0 Å². The smallest absolute Gasteiger partial charge is 0.130 e. The molecule has 1 aromatic heterocycles. The molecule has 1 aromatic carbocycles. The summed E-state index contributed by atoms with van der Waals surface area (Å²) >= 11 is 0. The molecule has 0 saturated heterocycles. The molecule has 1 N–H and O–H groups in total. The Morgan fingerprint density at radius 2 is 2.00 bits per heavy atom. The molecule has 0 fully saturated rings. The summed E-state index contributed by atoms with van der Waals surface area (Å²) in [5.41, 5.74) is 1.17. The molecule has 0 spiro atoms. The Bertz CT molecular complexity index is 574. The lowest BCUT2D eigenvalue weighted by molar-refractivity contribution is 0.258. The largest absolute Gasteiger partial charge is 0.494 e. The van der Waals surface area contributed by atoms with Crippen LogP contribution in [0.15, 0.2) is 42.6 Å². The van der Waals surface area contributed by atoms with Gasteiger partial charge in [-0.25, -0.2) is 9.37 Å². The molecule has 0 saturated carbocycles. The van der Waals surface area contributed by atoms with Crippen LogP contribution in [0.5, 0.6) is 5.75 Å². The van der Waals surface area contributed by atoms with Crippen LogP contribution < -0.4 is 10.1 Å². The third kappa shape index (κ3) is 5.00. The molecular weight excluding hydrogens is 281 g/mol. The molecule has 0 bridgehead atoms. The highest BCUT2D eigenvalue weighted by Gasteiger charge is 2.05. The molecule has 0 aliphatic rings. The second-order valence-electron chi connectivity index (χ2n) is 5.15. The number of hydrogen-bond donors (Lipinski definition) is 1. The van der Waals surface area contributed by atoms with E-state index < -0.39 is 0 Å². The van der Waals surface area contributed by atoms with E-state index in [4.69, 9.17) is 4.74 Å². The minimum absolute atomic E-state index is 0.246. The number of nitrogens with one attached hydrogen (secondary N) is 1. The SMILES string of the molecule is CNc1ncccc1CN(C)CCCOc1ccc(F)cc1. The van der Waals surface area contributed by atoms with Crippen molar-refractivity contribution in [2.24, 2.45) is 0 Å².